The first-order valence-electron chi connectivity index (χ1n) is 12.9. The van der Waals surface area contributed by atoms with E-state index in [0.29, 0.717) is 31.9 Å². The van der Waals surface area contributed by atoms with Gasteiger partial charge in [0.15, 0.2) is 0 Å². The van der Waals surface area contributed by atoms with Gasteiger partial charge in [0.05, 0.1) is 24.8 Å². The van der Waals surface area contributed by atoms with Crippen LogP contribution in [0.25, 0.3) is 16.5 Å². The Kier molecular flexibility index (Phi) is 6.18. The highest BCUT2D eigenvalue weighted by molar-refractivity contribution is 6.46. The number of ketones is 1. The van der Waals surface area contributed by atoms with Gasteiger partial charge in [-0.15, -0.1) is 0 Å². The Balaban J connectivity index is 1.46. The molecule has 2 saturated heterocycles. The quantitative estimate of drug-likeness (QED) is 0.326. The van der Waals surface area contributed by atoms with Crippen molar-refractivity contribution in [2.24, 2.45) is 0 Å². The van der Waals surface area contributed by atoms with Crippen LogP contribution in [0, 0.1) is 0 Å². The molecule has 0 aliphatic carbocycles. The molecule has 2 fully saturated rings. The first kappa shape index (κ1) is 23.7. The van der Waals surface area contributed by atoms with E-state index in [-0.39, 0.29) is 17.4 Å². The third kappa shape index (κ3) is 4.28. The lowest BCUT2D eigenvalue weighted by Crippen LogP contribution is -2.42. The zero-order valence-corrected chi connectivity index (χ0v) is 20.9. The number of carbonyl (C=O) groups excluding carboxylic acids is 2. The van der Waals surface area contributed by atoms with Crippen molar-refractivity contribution in [3.63, 3.8) is 0 Å². The van der Waals surface area contributed by atoms with E-state index in [1.165, 1.54) is 0 Å². The lowest BCUT2D eigenvalue weighted by atomic mass is 9.91. The van der Waals surface area contributed by atoms with Crippen molar-refractivity contribution in [2.75, 3.05) is 39.4 Å². The Bertz CT molecular complexity index is 1400. The van der Waals surface area contributed by atoms with Gasteiger partial charge in [-0.05, 0) is 47.0 Å². The van der Waals surface area contributed by atoms with Crippen molar-refractivity contribution in [2.45, 2.75) is 25.5 Å². The molecule has 3 aromatic rings. The summed E-state index contributed by atoms with van der Waals surface area (Å²) in [5, 5.41) is 13.5. The normalized spacial score (nSPS) is 23.4. The molecule has 3 aliphatic heterocycles. The van der Waals surface area contributed by atoms with Crippen LogP contribution in [0.3, 0.4) is 0 Å². The molecule has 6 rings (SSSR count). The number of likely N-dealkylation sites (tertiary alicyclic amines) is 1. The van der Waals surface area contributed by atoms with Crippen LogP contribution in [0.5, 0.6) is 5.75 Å². The fourth-order valence-electron chi connectivity index (χ4n) is 5.72. The smallest absolute Gasteiger partial charge is 0.295 e. The monoisotopic (exact) mass is 498 g/mol. The summed E-state index contributed by atoms with van der Waals surface area (Å²) in [5.41, 5.74) is 2.47. The molecule has 7 nitrogen and oxygen atoms in total. The maximum absolute atomic E-state index is 13.5. The van der Waals surface area contributed by atoms with Gasteiger partial charge in [-0.3, -0.25) is 14.5 Å². The Hall–Kier alpha value is -3.68. The second-order valence-corrected chi connectivity index (χ2v) is 9.97. The van der Waals surface area contributed by atoms with Crippen LogP contribution < -0.4 is 4.74 Å². The van der Waals surface area contributed by atoms with Crippen molar-refractivity contribution < 1.29 is 24.2 Å². The predicted octanol–water partition coefficient (Wildman–Crippen LogP) is 3.92. The minimum atomic E-state index is -0.685. The summed E-state index contributed by atoms with van der Waals surface area (Å²) in [5.74, 6) is -0.582. The first-order chi connectivity index (χ1) is 18.0. The Labute approximate surface area is 215 Å². The van der Waals surface area contributed by atoms with Gasteiger partial charge < -0.3 is 19.5 Å². The van der Waals surface area contributed by atoms with Gasteiger partial charge in [0.2, 0.25) is 0 Å². The van der Waals surface area contributed by atoms with Crippen LogP contribution in [-0.4, -0.2) is 72.1 Å². The maximum atomic E-state index is 13.5. The van der Waals surface area contributed by atoms with Crippen LogP contribution in [0.1, 0.15) is 29.7 Å². The molecule has 1 amide bonds. The second-order valence-electron chi connectivity index (χ2n) is 9.97. The summed E-state index contributed by atoms with van der Waals surface area (Å²) in [4.78, 5) is 30.8. The molecule has 3 aromatic carbocycles. The first-order valence-corrected chi connectivity index (χ1v) is 12.9. The number of fused-ring (bicyclic) bond motifs is 2. The minimum Gasteiger partial charge on any atom is -0.507 e. The van der Waals surface area contributed by atoms with Gasteiger partial charge in [0.1, 0.15) is 17.6 Å². The number of benzene rings is 3. The number of Topliss-reactive ketones (excluding diaryl/α,β-unsaturated/α-hetero) is 1. The molecule has 3 heterocycles. The largest absolute Gasteiger partial charge is 0.507 e. The number of carbonyl (C=O) groups is 2. The van der Waals surface area contributed by atoms with Crippen molar-refractivity contribution in [3.05, 3.63) is 82.9 Å². The van der Waals surface area contributed by atoms with Gasteiger partial charge >= 0.3 is 0 Å². The molecule has 0 saturated carbocycles. The van der Waals surface area contributed by atoms with E-state index in [1.54, 1.807) is 11.0 Å². The van der Waals surface area contributed by atoms with Crippen LogP contribution in [0.4, 0.5) is 0 Å². The number of rotatable bonds is 5. The molecular formula is C30H30N2O5. The van der Waals surface area contributed by atoms with Crippen molar-refractivity contribution in [3.8, 4) is 5.75 Å². The number of nitrogens with zero attached hydrogens (tertiary/aromatic N) is 2. The van der Waals surface area contributed by atoms with E-state index in [9.17, 15) is 14.7 Å². The van der Waals surface area contributed by atoms with E-state index in [2.05, 4.69) is 4.90 Å². The van der Waals surface area contributed by atoms with Gasteiger partial charge in [-0.2, -0.15) is 0 Å². The predicted molar refractivity (Wildman–Crippen MR) is 140 cm³/mol. The molecule has 0 spiro atoms. The molecule has 2 atom stereocenters. The minimum absolute atomic E-state index is 0.0637. The number of hydrogen-bond donors (Lipinski definition) is 1. The number of ether oxygens (including phenoxy) is 2. The highest BCUT2D eigenvalue weighted by Crippen LogP contribution is 2.42. The van der Waals surface area contributed by atoms with Gasteiger partial charge in [0.25, 0.3) is 11.7 Å². The van der Waals surface area contributed by atoms with E-state index in [4.69, 9.17) is 9.47 Å². The van der Waals surface area contributed by atoms with E-state index < -0.39 is 17.7 Å². The molecule has 2 unspecified atom stereocenters. The molecule has 3 aliphatic rings. The number of amides is 1. The topological polar surface area (TPSA) is 79.3 Å². The molecule has 0 bridgehead atoms. The number of hydrogen-bond acceptors (Lipinski definition) is 6. The number of morpholine rings is 1. The molecule has 37 heavy (non-hydrogen) atoms. The Morgan fingerprint density at radius 1 is 1.00 bits per heavy atom. The van der Waals surface area contributed by atoms with Crippen LogP contribution in [0.15, 0.2) is 66.2 Å². The van der Waals surface area contributed by atoms with Crippen molar-refractivity contribution in [1.82, 2.24) is 9.80 Å². The molecular weight excluding hydrogens is 468 g/mol. The summed E-state index contributed by atoms with van der Waals surface area (Å²) >= 11 is 0. The summed E-state index contributed by atoms with van der Waals surface area (Å²) in [6.45, 7) is 5.91. The fourth-order valence-corrected chi connectivity index (χ4v) is 5.72. The SMILES string of the molecule is CC1Cc2cc(/C(O)=C3\C(=O)C(=O)N(CCN4CCOCC4)C3c3cccc4ccccc34)ccc2O1. The Morgan fingerprint density at radius 3 is 2.62 bits per heavy atom. The van der Waals surface area contributed by atoms with Crippen molar-refractivity contribution in [1.29, 1.82) is 0 Å². The highest BCUT2D eigenvalue weighted by atomic mass is 16.5. The molecule has 1 N–H and O–H groups in total. The standard InChI is InChI=1S/C30H30N2O5/c1-19-17-22-18-21(9-10-25(22)37-19)28(33)26-27(24-8-4-6-20-5-2-3-7-23(20)24)32(30(35)29(26)34)12-11-31-13-15-36-16-14-31/h2-10,18-19,27,33H,11-17H2,1H3/b28-26+. The van der Waals surface area contributed by atoms with Crippen LogP contribution >= 0.6 is 0 Å². The molecule has 0 aromatic heterocycles. The molecule has 190 valence electrons. The lowest BCUT2D eigenvalue weighted by Gasteiger charge is -2.31. The molecule has 7 heteroatoms. The maximum Gasteiger partial charge on any atom is 0.295 e. The zero-order chi connectivity index (χ0) is 25.5. The summed E-state index contributed by atoms with van der Waals surface area (Å²) in [6, 6.07) is 18.6. The third-order valence-corrected chi connectivity index (χ3v) is 7.59. The van der Waals surface area contributed by atoms with Gasteiger partial charge in [-0.25, -0.2) is 0 Å². The van der Waals surface area contributed by atoms with E-state index in [1.807, 2.05) is 61.5 Å². The summed E-state index contributed by atoms with van der Waals surface area (Å²) in [6.07, 6.45) is 0.797. The lowest BCUT2D eigenvalue weighted by molar-refractivity contribution is -0.140. The summed E-state index contributed by atoms with van der Waals surface area (Å²) < 4.78 is 11.3. The number of aliphatic hydroxyl groups is 1. The highest BCUT2D eigenvalue weighted by Gasteiger charge is 2.46. The Morgan fingerprint density at radius 2 is 1.78 bits per heavy atom. The van der Waals surface area contributed by atoms with E-state index >= 15 is 0 Å². The van der Waals surface area contributed by atoms with Crippen molar-refractivity contribution >= 4 is 28.2 Å². The zero-order valence-electron chi connectivity index (χ0n) is 20.9. The fraction of sp³-hybridized carbons (Fsp3) is 0.333. The van der Waals surface area contributed by atoms with E-state index in [0.717, 1.165) is 47.2 Å². The average Bonchev–Trinajstić information content (AvgIpc) is 3.42. The number of aliphatic hydroxyl groups excluding tert-OH is 1. The van der Waals surface area contributed by atoms with Gasteiger partial charge in [-0.1, -0.05) is 42.5 Å². The average molecular weight is 499 g/mol. The third-order valence-electron chi connectivity index (χ3n) is 7.59. The van der Waals surface area contributed by atoms with Crippen LogP contribution in [0.2, 0.25) is 0 Å². The summed E-state index contributed by atoms with van der Waals surface area (Å²) in [7, 11) is 0. The van der Waals surface area contributed by atoms with Crippen LogP contribution in [-0.2, 0) is 20.7 Å². The van der Waals surface area contributed by atoms with Gasteiger partial charge in [0, 0.05) is 38.2 Å². The molecule has 0 radical (unpaired) electrons. The second kappa shape index (κ2) is 9.65.